The van der Waals surface area contributed by atoms with Crippen molar-refractivity contribution in [3.63, 3.8) is 0 Å². The molecule has 3 aromatic carbocycles. The summed E-state index contributed by atoms with van der Waals surface area (Å²) in [6, 6.07) is 20.4. The largest absolute Gasteiger partial charge is 0.389 e. The van der Waals surface area contributed by atoms with E-state index in [1.165, 1.54) is 24.3 Å². The number of carbonyl (C=O) groups excluding carboxylic acids is 1. The SMILES string of the molecule is N#Cc1ccccc1N=Nc1sc(N)c(C#N)c1-c1ccc(NC(=O)c2cc(CS(=O)(=O)O)cc(CS(=O)(=O)O)c2)cc1. The van der Waals surface area contributed by atoms with E-state index in [-0.39, 0.29) is 32.9 Å². The highest BCUT2D eigenvalue weighted by Gasteiger charge is 2.20. The average molecular weight is 637 g/mol. The lowest BCUT2D eigenvalue weighted by Gasteiger charge is -2.10. The van der Waals surface area contributed by atoms with Gasteiger partial charge < -0.3 is 11.1 Å². The van der Waals surface area contributed by atoms with E-state index in [4.69, 9.17) is 5.73 Å². The molecule has 0 saturated heterocycles. The van der Waals surface area contributed by atoms with Crippen molar-refractivity contribution in [2.45, 2.75) is 11.5 Å². The van der Waals surface area contributed by atoms with Crippen molar-refractivity contribution in [3.05, 3.63) is 94.5 Å². The van der Waals surface area contributed by atoms with Crippen LogP contribution < -0.4 is 11.1 Å². The lowest BCUT2D eigenvalue weighted by atomic mass is 10.0. The molecule has 1 heterocycles. The van der Waals surface area contributed by atoms with E-state index < -0.39 is 37.6 Å². The number of hydrogen-bond donors (Lipinski definition) is 4. The van der Waals surface area contributed by atoms with Gasteiger partial charge in [0.25, 0.3) is 26.1 Å². The van der Waals surface area contributed by atoms with Crippen molar-refractivity contribution in [1.29, 1.82) is 10.5 Å². The zero-order valence-corrected chi connectivity index (χ0v) is 24.2. The van der Waals surface area contributed by atoms with E-state index >= 15 is 0 Å². The first kappa shape index (κ1) is 31.0. The molecule has 0 aliphatic heterocycles. The first-order valence-corrected chi connectivity index (χ1v) is 16.0. The van der Waals surface area contributed by atoms with Gasteiger partial charge >= 0.3 is 0 Å². The number of benzene rings is 3. The Hall–Kier alpha value is -4.97. The molecule has 16 heteroatoms. The molecule has 0 radical (unpaired) electrons. The number of hydrogen-bond acceptors (Lipinski definition) is 11. The molecule has 1 aromatic heterocycles. The van der Waals surface area contributed by atoms with Crippen LogP contribution >= 0.6 is 11.3 Å². The van der Waals surface area contributed by atoms with Gasteiger partial charge in [0.05, 0.1) is 11.1 Å². The Labute approximate surface area is 250 Å². The van der Waals surface area contributed by atoms with Gasteiger partial charge in [0.1, 0.15) is 39.3 Å². The quantitative estimate of drug-likeness (QED) is 0.139. The molecule has 0 fully saturated rings. The van der Waals surface area contributed by atoms with Crippen molar-refractivity contribution in [1.82, 2.24) is 0 Å². The number of nitrogens with two attached hydrogens (primary N) is 1. The first-order valence-electron chi connectivity index (χ1n) is 11.9. The Kier molecular flexibility index (Phi) is 9.00. The van der Waals surface area contributed by atoms with Crippen molar-refractivity contribution < 1.29 is 30.7 Å². The molecular weight excluding hydrogens is 617 g/mol. The third kappa shape index (κ3) is 8.07. The second-order valence-corrected chi connectivity index (χ2v) is 12.9. The van der Waals surface area contributed by atoms with Crippen LogP contribution in [0.15, 0.2) is 77.0 Å². The number of azo groups is 1. The van der Waals surface area contributed by atoms with E-state index in [2.05, 4.69) is 21.6 Å². The Bertz CT molecular complexity index is 2010. The maximum Gasteiger partial charge on any atom is 0.269 e. The number of rotatable bonds is 9. The van der Waals surface area contributed by atoms with Crippen molar-refractivity contribution in [2.75, 3.05) is 11.1 Å². The van der Waals surface area contributed by atoms with Gasteiger partial charge in [0.15, 0.2) is 0 Å². The first-order chi connectivity index (χ1) is 20.3. The lowest BCUT2D eigenvalue weighted by molar-refractivity contribution is 0.102. The number of amides is 1. The topological polar surface area (TPSA) is 236 Å². The molecule has 4 aromatic rings. The second-order valence-electron chi connectivity index (χ2n) is 8.98. The van der Waals surface area contributed by atoms with Crippen molar-refractivity contribution in [2.24, 2.45) is 10.2 Å². The van der Waals surface area contributed by atoms with Gasteiger partial charge in [-0.25, -0.2) is 0 Å². The van der Waals surface area contributed by atoms with Crippen LogP contribution in [0.4, 0.5) is 21.4 Å². The van der Waals surface area contributed by atoms with Crippen LogP contribution in [-0.2, 0) is 31.7 Å². The van der Waals surface area contributed by atoms with Crippen LogP contribution in [-0.4, -0.2) is 31.8 Å². The van der Waals surface area contributed by atoms with Gasteiger partial charge in [-0.2, -0.15) is 27.4 Å². The van der Waals surface area contributed by atoms with Crippen molar-refractivity contribution in [3.8, 4) is 23.3 Å². The zero-order valence-electron chi connectivity index (χ0n) is 21.8. The smallest absolute Gasteiger partial charge is 0.269 e. The third-order valence-electron chi connectivity index (χ3n) is 5.75. The highest BCUT2D eigenvalue weighted by molar-refractivity contribution is 7.85. The lowest BCUT2D eigenvalue weighted by Crippen LogP contribution is -2.14. The molecule has 0 bridgehead atoms. The molecule has 0 aliphatic carbocycles. The predicted molar refractivity (Wildman–Crippen MR) is 159 cm³/mol. The van der Waals surface area contributed by atoms with E-state index in [1.54, 1.807) is 36.4 Å². The molecule has 0 spiro atoms. The molecule has 13 nitrogen and oxygen atoms in total. The highest BCUT2D eigenvalue weighted by Crippen LogP contribution is 2.45. The summed E-state index contributed by atoms with van der Waals surface area (Å²) in [4.78, 5) is 13.0. The fourth-order valence-corrected chi connectivity index (χ4v) is 6.08. The fourth-order valence-electron chi connectivity index (χ4n) is 4.05. The number of nitriles is 2. The maximum absolute atomic E-state index is 13.0. The molecule has 0 atom stereocenters. The number of nitrogens with one attached hydrogen (secondary N) is 1. The van der Waals surface area contributed by atoms with Gasteiger partial charge in [-0.15, -0.1) is 10.2 Å². The van der Waals surface area contributed by atoms with Gasteiger partial charge in [-0.05, 0) is 53.1 Å². The van der Waals surface area contributed by atoms with Crippen LogP contribution in [0.1, 0.15) is 32.6 Å². The molecule has 218 valence electrons. The molecule has 0 aliphatic rings. The van der Waals surface area contributed by atoms with Gasteiger partial charge in [0, 0.05) is 16.8 Å². The summed E-state index contributed by atoms with van der Waals surface area (Å²) in [5, 5.41) is 30.6. The van der Waals surface area contributed by atoms with Gasteiger partial charge in [-0.3, -0.25) is 13.9 Å². The standard InChI is InChI=1S/C27H20N6O7S3/c28-12-19-3-1-2-4-23(19)32-33-27-24(22(13-29)25(30)41-27)18-5-7-21(8-6-18)31-26(34)20-10-16(14-42(35,36)37)9-17(11-20)15-43(38,39)40/h1-11H,14-15,30H2,(H,31,34)(H,35,36,37)(H,38,39,40). The van der Waals surface area contributed by atoms with Gasteiger partial charge in [-0.1, -0.05) is 41.7 Å². The maximum atomic E-state index is 13.0. The normalized spacial score (nSPS) is 11.6. The summed E-state index contributed by atoms with van der Waals surface area (Å²) >= 11 is 1.04. The van der Waals surface area contributed by atoms with Crippen LogP contribution in [0.25, 0.3) is 11.1 Å². The van der Waals surface area contributed by atoms with E-state index in [0.717, 1.165) is 17.4 Å². The summed E-state index contributed by atoms with van der Waals surface area (Å²) in [5.41, 5.74) is 7.82. The molecule has 4 rings (SSSR count). The number of anilines is 2. The summed E-state index contributed by atoms with van der Waals surface area (Å²) < 4.78 is 63.9. The third-order valence-corrected chi connectivity index (χ3v) is 8.05. The highest BCUT2D eigenvalue weighted by atomic mass is 32.2. The van der Waals surface area contributed by atoms with Crippen LogP contribution in [0, 0.1) is 22.7 Å². The average Bonchev–Trinajstić information content (AvgIpc) is 3.25. The van der Waals surface area contributed by atoms with Crippen molar-refractivity contribution >= 4 is 58.9 Å². The Balaban J connectivity index is 1.63. The minimum atomic E-state index is -4.50. The number of thiophene rings is 1. The molecular formula is C27H20N6O7S3. The van der Waals surface area contributed by atoms with E-state index in [0.29, 0.717) is 27.4 Å². The zero-order chi connectivity index (χ0) is 31.4. The Morgan fingerprint density at radius 3 is 2.05 bits per heavy atom. The summed E-state index contributed by atoms with van der Waals surface area (Å²) in [5.74, 6) is -2.49. The number of nitrogens with zero attached hydrogens (tertiary/aromatic N) is 4. The summed E-state index contributed by atoms with van der Waals surface area (Å²) in [7, 11) is -9.01. The Morgan fingerprint density at radius 2 is 1.49 bits per heavy atom. The molecule has 43 heavy (non-hydrogen) atoms. The van der Waals surface area contributed by atoms with Crippen LogP contribution in [0.3, 0.4) is 0 Å². The van der Waals surface area contributed by atoms with E-state index in [9.17, 15) is 41.3 Å². The molecule has 0 unspecified atom stereocenters. The Morgan fingerprint density at radius 1 is 0.884 bits per heavy atom. The minimum Gasteiger partial charge on any atom is -0.389 e. The summed E-state index contributed by atoms with van der Waals surface area (Å²) in [6.45, 7) is 0. The van der Waals surface area contributed by atoms with E-state index in [1.807, 2.05) is 6.07 Å². The number of nitrogen functional groups attached to an aromatic ring is 1. The fraction of sp³-hybridized carbons (Fsp3) is 0.0741. The molecule has 5 N–H and O–H groups in total. The predicted octanol–water partition coefficient (Wildman–Crippen LogP) is 5.18. The molecule has 0 saturated carbocycles. The van der Waals surface area contributed by atoms with Crippen LogP contribution in [0.5, 0.6) is 0 Å². The number of carbonyl (C=O) groups is 1. The van der Waals surface area contributed by atoms with Crippen LogP contribution in [0.2, 0.25) is 0 Å². The second kappa shape index (κ2) is 12.5. The monoisotopic (exact) mass is 636 g/mol. The minimum absolute atomic E-state index is 0.0673. The molecule has 1 amide bonds. The summed E-state index contributed by atoms with van der Waals surface area (Å²) in [6.07, 6.45) is 0. The van der Waals surface area contributed by atoms with Gasteiger partial charge in [0.2, 0.25) is 0 Å².